The molecule has 0 amide bonds. The summed E-state index contributed by atoms with van der Waals surface area (Å²) < 4.78 is 45.1. The highest BCUT2D eigenvalue weighted by molar-refractivity contribution is 5.52. The van der Waals surface area contributed by atoms with Gasteiger partial charge in [0.25, 0.3) is 0 Å². The molecular formula is C15H19F3O. The van der Waals surface area contributed by atoms with E-state index in [2.05, 4.69) is 0 Å². The van der Waals surface area contributed by atoms with E-state index < -0.39 is 11.6 Å². The molecule has 1 aromatic rings. The van der Waals surface area contributed by atoms with Crippen LogP contribution in [-0.2, 0) is 10.8 Å². The lowest BCUT2D eigenvalue weighted by Crippen LogP contribution is -2.41. The van der Waals surface area contributed by atoms with Crippen molar-refractivity contribution < 1.29 is 17.9 Å². The third-order valence-corrected chi connectivity index (χ3v) is 3.86. The van der Waals surface area contributed by atoms with Crippen LogP contribution in [0.3, 0.4) is 0 Å². The summed E-state index contributed by atoms with van der Waals surface area (Å²) in [5, 5.41) is 0. The summed E-state index contributed by atoms with van der Waals surface area (Å²) in [6, 6.07) is 3.59. The molecule has 1 heterocycles. The van der Waals surface area contributed by atoms with E-state index in [1.165, 1.54) is 6.92 Å². The van der Waals surface area contributed by atoms with Crippen LogP contribution >= 0.6 is 0 Å². The first kappa shape index (κ1) is 14.2. The number of aryl methyl sites for hydroxylation is 1. The molecule has 106 valence electrons. The monoisotopic (exact) mass is 272 g/mol. The van der Waals surface area contributed by atoms with Crippen molar-refractivity contribution in [3.63, 3.8) is 0 Å². The van der Waals surface area contributed by atoms with Gasteiger partial charge in [-0.1, -0.05) is 26.8 Å². The van der Waals surface area contributed by atoms with E-state index in [9.17, 15) is 13.2 Å². The molecule has 1 unspecified atom stereocenters. The van der Waals surface area contributed by atoms with Crippen LogP contribution in [-0.4, -0.2) is 12.8 Å². The molecule has 0 bridgehead atoms. The number of benzene rings is 1. The molecule has 1 atom stereocenters. The highest BCUT2D eigenvalue weighted by atomic mass is 19.4. The number of hydrogen-bond donors (Lipinski definition) is 0. The van der Waals surface area contributed by atoms with Crippen LogP contribution in [0.1, 0.15) is 44.4 Å². The minimum atomic E-state index is -4.30. The third-order valence-electron chi connectivity index (χ3n) is 3.86. The normalized spacial score (nSPS) is 23.2. The van der Waals surface area contributed by atoms with Crippen molar-refractivity contribution in [3.05, 3.63) is 28.8 Å². The van der Waals surface area contributed by atoms with Gasteiger partial charge in [0.05, 0.1) is 0 Å². The second kappa shape index (κ2) is 3.90. The molecule has 1 aromatic carbocycles. The van der Waals surface area contributed by atoms with E-state index in [0.29, 0.717) is 11.3 Å². The fourth-order valence-corrected chi connectivity index (χ4v) is 2.53. The molecule has 0 aromatic heterocycles. The van der Waals surface area contributed by atoms with E-state index in [1.54, 1.807) is 13.0 Å². The summed E-state index contributed by atoms with van der Waals surface area (Å²) in [4.78, 5) is 0. The maximum absolute atomic E-state index is 13.3. The largest absolute Gasteiger partial charge is 0.492 e. The lowest BCUT2D eigenvalue weighted by molar-refractivity contribution is -0.187. The summed E-state index contributed by atoms with van der Waals surface area (Å²) in [5.41, 5.74) is -0.0774. The molecular weight excluding hydrogens is 253 g/mol. The zero-order valence-electron chi connectivity index (χ0n) is 11.9. The summed E-state index contributed by atoms with van der Waals surface area (Å²) >= 11 is 0. The Morgan fingerprint density at radius 2 is 1.74 bits per heavy atom. The van der Waals surface area contributed by atoms with E-state index in [1.807, 2.05) is 26.8 Å². The number of ether oxygens (including phenoxy) is 1. The molecule has 0 aliphatic carbocycles. The van der Waals surface area contributed by atoms with Crippen LogP contribution in [0, 0.1) is 6.92 Å². The van der Waals surface area contributed by atoms with Gasteiger partial charge in [0.15, 0.2) is 0 Å². The molecule has 1 nitrogen and oxygen atoms in total. The van der Waals surface area contributed by atoms with Crippen LogP contribution in [0.2, 0.25) is 0 Å². The van der Waals surface area contributed by atoms with Gasteiger partial charge in [-0.3, -0.25) is 0 Å². The van der Waals surface area contributed by atoms with Crippen LogP contribution in [0.4, 0.5) is 13.2 Å². The first-order valence-corrected chi connectivity index (χ1v) is 6.32. The van der Waals surface area contributed by atoms with Gasteiger partial charge in [0.2, 0.25) is 0 Å². The minimum absolute atomic E-state index is 0.111. The predicted octanol–water partition coefficient (Wildman–Crippen LogP) is 4.50. The number of hydrogen-bond acceptors (Lipinski definition) is 1. The van der Waals surface area contributed by atoms with Crippen LogP contribution in [0.15, 0.2) is 12.1 Å². The highest BCUT2D eigenvalue weighted by Gasteiger charge is 2.57. The summed E-state index contributed by atoms with van der Waals surface area (Å²) in [7, 11) is 0. The lowest BCUT2D eigenvalue weighted by atomic mass is 9.78. The van der Waals surface area contributed by atoms with Crippen molar-refractivity contribution >= 4 is 0 Å². The van der Waals surface area contributed by atoms with Gasteiger partial charge in [-0.25, -0.2) is 0 Å². The molecule has 0 saturated heterocycles. The summed E-state index contributed by atoms with van der Waals surface area (Å²) in [6.07, 6.45) is -4.30. The Hall–Kier alpha value is -1.19. The number of fused-ring (bicyclic) bond motifs is 1. The SMILES string of the molecule is Cc1cc(C(C)(C)C)cc2c1C(C)(C(F)(F)F)CO2. The molecule has 4 heteroatoms. The molecule has 19 heavy (non-hydrogen) atoms. The Morgan fingerprint density at radius 3 is 2.21 bits per heavy atom. The van der Waals surface area contributed by atoms with Gasteiger partial charge in [-0.05, 0) is 36.5 Å². The van der Waals surface area contributed by atoms with Crippen molar-refractivity contribution in [3.8, 4) is 5.75 Å². The molecule has 1 aliphatic rings. The van der Waals surface area contributed by atoms with Gasteiger partial charge in [0.1, 0.15) is 17.8 Å². The van der Waals surface area contributed by atoms with Gasteiger partial charge in [-0.15, -0.1) is 0 Å². The molecule has 0 spiro atoms. The smallest absolute Gasteiger partial charge is 0.401 e. The third kappa shape index (κ3) is 2.11. The second-order valence-corrected chi connectivity index (χ2v) is 6.53. The van der Waals surface area contributed by atoms with E-state index >= 15 is 0 Å². The Labute approximate surface area is 111 Å². The number of alkyl halides is 3. The Balaban J connectivity index is 2.62. The van der Waals surface area contributed by atoms with E-state index in [4.69, 9.17) is 4.74 Å². The van der Waals surface area contributed by atoms with Crippen molar-refractivity contribution in [1.29, 1.82) is 0 Å². The average molecular weight is 272 g/mol. The molecule has 0 saturated carbocycles. The first-order valence-electron chi connectivity index (χ1n) is 6.32. The predicted molar refractivity (Wildman–Crippen MR) is 68.8 cm³/mol. The molecule has 1 aliphatic heterocycles. The summed E-state index contributed by atoms with van der Waals surface area (Å²) in [5.74, 6) is 0.379. The van der Waals surface area contributed by atoms with Gasteiger partial charge >= 0.3 is 6.18 Å². The maximum Gasteiger partial charge on any atom is 0.401 e. The molecule has 0 radical (unpaired) electrons. The Kier molecular flexibility index (Phi) is 2.92. The number of halogens is 3. The second-order valence-electron chi connectivity index (χ2n) is 6.53. The fourth-order valence-electron chi connectivity index (χ4n) is 2.53. The molecule has 2 rings (SSSR count). The lowest BCUT2D eigenvalue weighted by Gasteiger charge is -2.28. The Bertz CT molecular complexity index is 511. The first-order chi connectivity index (χ1) is 8.47. The van der Waals surface area contributed by atoms with Gasteiger partial charge < -0.3 is 4.74 Å². The Morgan fingerprint density at radius 1 is 1.16 bits per heavy atom. The fraction of sp³-hybridized carbons (Fsp3) is 0.600. The van der Waals surface area contributed by atoms with E-state index in [0.717, 1.165) is 5.56 Å². The zero-order valence-corrected chi connectivity index (χ0v) is 11.9. The molecule has 0 N–H and O–H groups in total. The van der Waals surface area contributed by atoms with Crippen molar-refractivity contribution in [1.82, 2.24) is 0 Å². The zero-order chi connectivity index (χ0) is 14.6. The average Bonchev–Trinajstić information content (AvgIpc) is 2.56. The van der Waals surface area contributed by atoms with Crippen molar-refractivity contribution in [2.24, 2.45) is 0 Å². The topological polar surface area (TPSA) is 9.23 Å². The van der Waals surface area contributed by atoms with Crippen molar-refractivity contribution in [2.45, 2.75) is 51.6 Å². The quantitative estimate of drug-likeness (QED) is 0.675. The van der Waals surface area contributed by atoms with Gasteiger partial charge in [-0.2, -0.15) is 13.2 Å². The van der Waals surface area contributed by atoms with E-state index in [-0.39, 0.29) is 17.6 Å². The standard InChI is InChI=1S/C15H19F3O/c1-9-6-10(13(2,3)4)7-11-12(9)14(5,8-19-11)15(16,17)18/h6-7H,8H2,1-5H3. The molecule has 0 fully saturated rings. The minimum Gasteiger partial charge on any atom is -0.492 e. The van der Waals surface area contributed by atoms with Crippen LogP contribution < -0.4 is 4.74 Å². The summed E-state index contributed by atoms with van der Waals surface area (Å²) in [6.45, 7) is 8.71. The maximum atomic E-state index is 13.3. The van der Waals surface area contributed by atoms with Crippen LogP contribution in [0.25, 0.3) is 0 Å². The van der Waals surface area contributed by atoms with Crippen molar-refractivity contribution in [2.75, 3.05) is 6.61 Å². The van der Waals surface area contributed by atoms with Gasteiger partial charge in [0, 0.05) is 5.56 Å². The van der Waals surface area contributed by atoms with Crippen LogP contribution in [0.5, 0.6) is 5.75 Å². The number of rotatable bonds is 0. The highest BCUT2D eigenvalue weighted by Crippen LogP contribution is 2.51.